The molecule has 174 valence electrons. The SMILES string of the molecule is CCC(C)=COC=C(C)c1oc(-c2cc(Cl)c(C3(C)CS(=O)N(C)C(N)=N3)s2)nc1CC. The molecule has 2 aromatic heterocycles. The average molecular weight is 497 g/mol. The van der Waals surface area contributed by atoms with E-state index < -0.39 is 16.5 Å². The van der Waals surface area contributed by atoms with Gasteiger partial charge in [0, 0.05) is 12.6 Å². The molecule has 0 spiro atoms. The van der Waals surface area contributed by atoms with Gasteiger partial charge in [0.1, 0.15) is 16.5 Å². The Morgan fingerprint density at radius 1 is 1.44 bits per heavy atom. The van der Waals surface area contributed by atoms with E-state index in [2.05, 4.69) is 16.9 Å². The number of thiophene rings is 1. The highest BCUT2D eigenvalue weighted by atomic mass is 35.5. The quantitative estimate of drug-likeness (QED) is 0.514. The highest BCUT2D eigenvalue weighted by Crippen LogP contribution is 2.44. The predicted molar refractivity (Wildman–Crippen MR) is 133 cm³/mol. The van der Waals surface area contributed by atoms with Gasteiger partial charge in [-0.05, 0) is 45.3 Å². The van der Waals surface area contributed by atoms with Crippen molar-refractivity contribution in [2.75, 3.05) is 12.8 Å². The molecule has 1 aliphatic heterocycles. The van der Waals surface area contributed by atoms with Crippen LogP contribution in [-0.2, 0) is 27.7 Å². The second-order valence-electron chi connectivity index (χ2n) is 7.90. The fourth-order valence-corrected chi connectivity index (χ4v) is 5.93. The first-order valence-corrected chi connectivity index (χ1v) is 12.8. The third-order valence-corrected chi connectivity index (χ3v) is 8.64. The number of oxazole rings is 1. The molecule has 32 heavy (non-hydrogen) atoms. The van der Waals surface area contributed by atoms with Crippen molar-refractivity contribution in [3.63, 3.8) is 0 Å². The van der Waals surface area contributed by atoms with Crippen LogP contribution >= 0.6 is 22.9 Å². The lowest BCUT2D eigenvalue weighted by Gasteiger charge is -2.33. The molecule has 10 heteroatoms. The van der Waals surface area contributed by atoms with E-state index in [1.165, 1.54) is 15.6 Å². The summed E-state index contributed by atoms with van der Waals surface area (Å²) in [6, 6.07) is 1.82. The van der Waals surface area contributed by atoms with Crippen LogP contribution in [0.2, 0.25) is 5.02 Å². The molecule has 0 aromatic carbocycles. The fraction of sp³-hybridized carbons (Fsp3) is 0.455. The number of nitrogens with zero attached hydrogens (tertiary/aromatic N) is 3. The van der Waals surface area contributed by atoms with Crippen molar-refractivity contribution in [2.24, 2.45) is 10.7 Å². The molecule has 0 bridgehead atoms. The number of nitrogens with two attached hydrogens (primary N) is 1. The zero-order valence-electron chi connectivity index (χ0n) is 19.2. The van der Waals surface area contributed by atoms with Crippen LogP contribution in [0.25, 0.3) is 16.3 Å². The molecular weight excluding hydrogens is 468 g/mol. The van der Waals surface area contributed by atoms with Crippen molar-refractivity contribution in [2.45, 2.75) is 53.0 Å². The largest absolute Gasteiger partial charge is 0.472 e. The van der Waals surface area contributed by atoms with Crippen molar-refractivity contribution in [3.8, 4) is 10.8 Å². The van der Waals surface area contributed by atoms with Gasteiger partial charge in [-0.3, -0.25) is 4.31 Å². The lowest BCUT2D eigenvalue weighted by molar-refractivity contribution is 0.396. The summed E-state index contributed by atoms with van der Waals surface area (Å²) < 4.78 is 25.6. The molecular formula is C22H29ClN4O3S2. The molecule has 7 nitrogen and oxygen atoms in total. The maximum absolute atomic E-state index is 12.5. The summed E-state index contributed by atoms with van der Waals surface area (Å²) in [5, 5.41) is 0.527. The Kier molecular flexibility index (Phi) is 7.52. The van der Waals surface area contributed by atoms with Crippen LogP contribution < -0.4 is 5.73 Å². The van der Waals surface area contributed by atoms with Crippen molar-refractivity contribution < 1.29 is 13.4 Å². The number of hydrogen-bond donors (Lipinski definition) is 1. The Morgan fingerprint density at radius 2 is 2.16 bits per heavy atom. The lowest BCUT2D eigenvalue weighted by Crippen LogP contribution is -2.47. The number of allylic oxidation sites excluding steroid dienone is 2. The number of rotatable bonds is 7. The molecule has 3 heterocycles. The van der Waals surface area contributed by atoms with Crippen LogP contribution in [0.1, 0.15) is 57.4 Å². The Bertz CT molecular complexity index is 1120. The van der Waals surface area contributed by atoms with Crippen LogP contribution in [-0.4, -0.2) is 32.3 Å². The van der Waals surface area contributed by atoms with E-state index in [9.17, 15) is 4.21 Å². The van der Waals surface area contributed by atoms with Crippen LogP contribution in [0.5, 0.6) is 0 Å². The normalized spacial score (nSPS) is 22.3. The molecule has 0 fully saturated rings. The molecule has 0 amide bonds. The Hall–Kier alpha value is -2.10. The minimum atomic E-state index is -1.28. The molecule has 2 unspecified atom stereocenters. The number of aryl methyl sites for hydroxylation is 1. The molecule has 2 atom stereocenters. The van der Waals surface area contributed by atoms with Crippen LogP contribution in [0.3, 0.4) is 0 Å². The third-order valence-electron chi connectivity index (χ3n) is 5.24. The minimum Gasteiger partial charge on any atom is -0.472 e. The second kappa shape index (κ2) is 9.80. The van der Waals surface area contributed by atoms with Gasteiger partial charge in [0.05, 0.1) is 38.7 Å². The van der Waals surface area contributed by atoms with E-state index >= 15 is 0 Å². The first-order valence-electron chi connectivity index (χ1n) is 10.3. The maximum atomic E-state index is 12.5. The summed E-state index contributed by atoms with van der Waals surface area (Å²) in [7, 11) is 0.379. The van der Waals surface area contributed by atoms with E-state index in [1.807, 2.05) is 33.8 Å². The monoisotopic (exact) mass is 496 g/mol. The van der Waals surface area contributed by atoms with Gasteiger partial charge in [-0.15, -0.1) is 11.3 Å². The predicted octanol–water partition coefficient (Wildman–Crippen LogP) is 5.45. The van der Waals surface area contributed by atoms with Crippen LogP contribution in [0.15, 0.2) is 33.6 Å². The van der Waals surface area contributed by atoms with Crippen LogP contribution in [0, 0.1) is 0 Å². The Balaban J connectivity index is 1.95. The molecule has 2 N–H and O–H groups in total. The minimum absolute atomic E-state index is 0.225. The number of halogens is 1. The standard InChI is InChI=1S/C22H29ClN4O3S2/c1-7-13(3)10-29-11-14(4)18-16(8-2)25-20(30-18)17-9-15(23)19(31-17)22(5)12-32(28)27(6)21(24)26-22/h9-11H,7-8,12H2,1-6H3,(H2,24,26). The molecule has 2 aromatic rings. The number of aliphatic imine (C=N–C) groups is 1. The Labute approximate surface area is 200 Å². The van der Waals surface area contributed by atoms with Gasteiger partial charge in [0.15, 0.2) is 5.76 Å². The highest BCUT2D eigenvalue weighted by molar-refractivity contribution is 7.83. The summed E-state index contributed by atoms with van der Waals surface area (Å²) in [4.78, 5) is 10.8. The third kappa shape index (κ3) is 4.94. The smallest absolute Gasteiger partial charge is 0.237 e. The van der Waals surface area contributed by atoms with Crippen LogP contribution in [0.4, 0.5) is 0 Å². The summed E-state index contributed by atoms with van der Waals surface area (Å²) in [6.07, 6.45) is 5.04. The van der Waals surface area contributed by atoms with E-state index in [0.717, 1.165) is 33.0 Å². The highest BCUT2D eigenvalue weighted by Gasteiger charge is 2.39. The number of hydrogen-bond acceptors (Lipinski definition) is 7. The van der Waals surface area contributed by atoms with Gasteiger partial charge < -0.3 is 14.9 Å². The molecule has 1 aliphatic rings. The molecule has 0 saturated heterocycles. The molecule has 3 rings (SSSR count). The summed E-state index contributed by atoms with van der Waals surface area (Å²) in [6.45, 7) is 9.94. The van der Waals surface area contributed by atoms with Gasteiger partial charge in [0.25, 0.3) is 0 Å². The maximum Gasteiger partial charge on any atom is 0.237 e. The average Bonchev–Trinajstić information content (AvgIpc) is 3.35. The van der Waals surface area contributed by atoms with Gasteiger partial charge in [-0.1, -0.05) is 25.4 Å². The molecule has 0 radical (unpaired) electrons. The van der Waals surface area contributed by atoms with Crippen molar-refractivity contribution in [1.29, 1.82) is 0 Å². The molecule has 0 aliphatic carbocycles. The van der Waals surface area contributed by atoms with Gasteiger partial charge >= 0.3 is 0 Å². The number of ether oxygens (including phenoxy) is 1. The van der Waals surface area contributed by atoms with E-state index in [1.54, 1.807) is 19.6 Å². The summed E-state index contributed by atoms with van der Waals surface area (Å²) in [5.41, 5.74) is 8.04. The number of guanidine groups is 1. The number of aromatic nitrogens is 1. The van der Waals surface area contributed by atoms with Crippen molar-refractivity contribution in [1.82, 2.24) is 9.29 Å². The van der Waals surface area contributed by atoms with Crippen molar-refractivity contribution in [3.05, 3.63) is 45.5 Å². The molecule has 0 saturated carbocycles. The zero-order valence-corrected chi connectivity index (χ0v) is 21.6. The second-order valence-corrected chi connectivity index (χ2v) is 10.8. The van der Waals surface area contributed by atoms with Crippen molar-refractivity contribution >= 4 is 45.5 Å². The fourth-order valence-electron chi connectivity index (χ4n) is 3.15. The summed E-state index contributed by atoms with van der Waals surface area (Å²) >= 11 is 8.01. The van der Waals surface area contributed by atoms with Gasteiger partial charge in [-0.2, -0.15) is 0 Å². The topological polar surface area (TPSA) is 94.0 Å². The van der Waals surface area contributed by atoms with E-state index in [0.29, 0.717) is 28.8 Å². The lowest BCUT2D eigenvalue weighted by atomic mass is 10.0. The first-order chi connectivity index (χ1) is 15.1. The van der Waals surface area contributed by atoms with Gasteiger partial charge in [0.2, 0.25) is 11.9 Å². The van der Waals surface area contributed by atoms with E-state index in [-0.39, 0.29) is 5.96 Å². The Morgan fingerprint density at radius 3 is 2.78 bits per heavy atom. The van der Waals surface area contributed by atoms with Gasteiger partial charge in [-0.25, -0.2) is 14.2 Å². The first kappa shape index (κ1) is 24.5. The van der Waals surface area contributed by atoms with E-state index in [4.69, 9.17) is 26.5 Å². The zero-order chi connectivity index (χ0) is 23.6. The summed E-state index contributed by atoms with van der Waals surface area (Å²) in [5.74, 6) is 1.69.